The van der Waals surface area contributed by atoms with E-state index in [1.54, 1.807) is 67.9 Å². The molecule has 0 spiro atoms. The number of furan rings is 1. The van der Waals surface area contributed by atoms with Gasteiger partial charge in [-0.25, -0.2) is 0 Å². The summed E-state index contributed by atoms with van der Waals surface area (Å²) < 4.78 is 10.7. The lowest BCUT2D eigenvalue weighted by atomic mass is 10.1. The second kappa shape index (κ2) is 8.96. The van der Waals surface area contributed by atoms with Crippen LogP contribution in [0.3, 0.4) is 0 Å². The van der Waals surface area contributed by atoms with E-state index >= 15 is 0 Å². The molecule has 0 saturated carbocycles. The summed E-state index contributed by atoms with van der Waals surface area (Å²) >= 11 is 0. The monoisotopic (exact) mass is 413 g/mol. The number of hydrogen-bond donors (Lipinski definition) is 2. The average Bonchev–Trinajstić information content (AvgIpc) is 3.32. The molecule has 2 aromatic carbocycles. The summed E-state index contributed by atoms with van der Waals surface area (Å²) in [5.74, 6) is 0.114. The number of aromatic nitrogens is 1. The molecule has 4 aromatic rings. The molecule has 0 aliphatic heterocycles. The lowest BCUT2D eigenvalue weighted by Crippen LogP contribution is -2.30. The first-order valence-electron chi connectivity index (χ1n) is 9.50. The molecule has 0 atom stereocenters. The second-order valence-corrected chi connectivity index (χ2v) is 6.56. The zero-order valence-corrected chi connectivity index (χ0v) is 16.7. The molecule has 2 aromatic heterocycles. The van der Waals surface area contributed by atoms with E-state index in [9.17, 15) is 9.59 Å². The molecule has 31 heavy (non-hydrogen) atoms. The van der Waals surface area contributed by atoms with Crippen LogP contribution in [-0.2, 0) is 4.79 Å². The number of amides is 2. The number of nitrogens with one attached hydrogen (secondary N) is 2. The summed E-state index contributed by atoms with van der Waals surface area (Å²) in [6, 6.07) is 19.1. The normalized spacial score (nSPS) is 11.2. The number of fused-ring (bicyclic) bond motifs is 1. The van der Waals surface area contributed by atoms with Crippen LogP contribution in [0, 0.1) is 0 Å². The summed E-state index contributed by atoms with van der Waals surface area (Å²) in [4.78, 5) is 30.1. The molecule has 2 amide bonds. The number of anilines is 1. The number of benzene rings is 2. The fourth-order valence-corrected chi connectivity index (χ4v) is 3.07. The highest BCUT2D eigenvalue weighted by Crippen LogP contribution is 2.30. The molecule has 7 nitrogen and oxygen atoms in total. The number of methoxy groups -OCH3 is 1. The third-order valence-corrected chi connectivity index (χ3v) is 4.56. The summed E-state index contributed by atoms with van der Waals surface area (Å²) in [5.41, 5.74) is 1.62. The fourth-order valence-electron chi connectivity index (χ4n) is 3.07. The van der Waals surface area contributed by atoms with Gasteiger partial charge in [-0.15, -0.1) is 0 Å². The highest BCUT2D eigenvalue weighted by atomic mass is 16.5. The van der Waals surface area contributed by atoms with Crippen LogP contribution in [0.5, 0.6) is 5.75 Å². The van der Waals surface area contributed by atoms with Gasteiger partial charge in [-0.2, -0.15) is 0 Å². The van der Waals surface area contributed by atoms with Gasteiger partial charge >= 0.3 is 0 Å². The molecular formula is C24H19N3O4. The number of carbonyl (C=O) groups excluding carboxylic acids is 2. The maximum atomic E-state index is 13.1. The number of nitrogens with zero attached hydrogens (tertiary/aromatic N) is 1. The van der Waals surface area contributed by atoms with Gasteiger partial charge < -0.3 is 19.8 Å². The third-order valence-electron chi connectivity index (χ3n) is 4.56. The largest absolute Gasteiger partial charge is 0.494 e. The van der Waals surface area contributed by atoms with Crippen molar-refractivity contribution in [2.45, 2.75) is 0 Å². The van der Waals surface area contributed by atoms with Gasteiger partial charge in [0.2, 0.25) is 0 Å². The van der Waals surface area contributed by atoms with E-state index in [2.05, 4.69) is 15.6 Å². The molecule has 4 rings (SSSR count). The number of carbonyl (C=O) groups is 2. The Kier molecular flexibility index (Phi) is 5.75. The second-order valence-electron chi connectivity index (χ2n) is 6.56. The molecule has 154 valence electrons. The average molecular weight is 413 g/mol. The topological polar surface area (TPSA) is 93.5 Å². The van der Waals surface area contributed by atoms with Crippen LogP contribution < -0.4 is 15.4 Å². The Labute approximate surface area is 178 Å². The molecule has 0 fully saturated rings. The molecule has 0 radical (unpaired) electrons. The summed E-state index contributed by atoms with van der Waals surface area (Å²) in [7, 11) is 1.56. The van der Waals surface area contributed by atoms with Gasteiger partial charge in [-0.05, 0) is 48.5 Å². The lowest BCUT2D eigenvalue weighted by molar-refractivity contribution is -0.113. The quantitative estimate of drug-likeness (QED) is 0.461. The summed E-state index contributed by atoms with van der Waals surface area (Å²) in [5, 5.41) is 6.23. The van der Waals surface area contributed by atoms with Crippen molar-refractivity contribution in [1.29, 1.82) is 0 Å². The SMILES string of the molecule is COc1ccc(NC(=O)/C(=C/c2ccco2)NC(=O)c2ccccc2)c2cccnc12. The van der Waals surface area contributed by atoms with Crippen molar-refractivity contribution in [3.8, 4) is 5.75 Å². The Balaban J connectivity index is 1.66. The van der Waals surface area contributed by atoms with Crippen LogP contribution in [0.2, 0.25) is 0 Å². The van der Waals surface area contributed by atoms with Crippen LogP contribution in [0.4, 0.5) is 5.69 Å². The Morgan fingerprint density at radius 1 is 1.00 bits per heavy atom. The van der Waals surface area contributed by atoms with Crippen LogP contribution in [0.1, 0.15) is 16.1 Å². The van der Waals surface area contributed by atoms with Crippen molar-refractivity contribution in [2.24, 2.45) is 0 Å². The van der Waals surface area contributed by atoms with Gasteiger partial charge in [0, 0.05) is 23.2 Å². The Bertz CT molecular complexity index is 1250. The molecule has 2 heterocycles. The summed E-state index contributed by atoms with van der Waals surface area (Å²) in [6.07, 6.45) is 4.61. The Hall–Kier alpha value is -4.39. The van der Waals surface area contributed by atoms with Crippen LogP contribution in [0.25, 0.3) is 17.0 Å². The van der Waals surface area contributed by atoms with Gasteiger partial charge in [-0.1, -0.05) is 18.2 Å². The van der Waals surface area contributed by atoms with Crippen molar-refractivity contribution in [3.05, 3.63) is 96.2 Å². The van der Waals surface area contributed by atoms with Crippen molar-refractivity contribution in [1.82, 2.24) is 10.3 Å². The van der Waals surface area contributed by atoms with Crippen LogP contribution in [-0.4, -0.2) is 23.9 Å². The van der Waals surface area contributed by atoms with Crippen molar-refractivity contribution in [2.75, 3.05) is 12.4 Å². The van der Waals surface area contributed by atoms with E-state index < -0.39 is 11.8 Å². The van der Waals surface area contributed by atoms with Crippen LogP contribution in [0.15, 0.2) is 89.3 Å². The van der Waals surface area contributed by atoms with Gasteiger partial charge in [0.05, 0.1) is 19.1 Å². The molecule has 2 N–H and O–H groups in total. The zero-order chi connectivity index (χ0) is 21.6. The van der Waals surface area contributed by atoms with E-state index in [0.717, 1.165) is 0 Å². The third kappa shape index (κ3) is 4.45. The molecule has 0 aliphatic rings. The van der Waals surface area contributed by atoms with E-state index in [0.29, 0.717) is 33.7 Å². The number of hydrogen-bond acceptors (Lipinski definition) is 5. The predicted molar refractivity (Wildman–Crippen MR) is 118 cm³/mol. The molecule has 7 heteroatoms. The van der Waals surface area contributed by atoms with Gasteiger partial charge in [0.15, 0.2) is 0 Å². The van der Waals surface area contributed by atoms with Gasteiger partial charge in [-0.3, -0.25) is 14.6 Å². The number of rotatable bonds is 6. The highest BCUT2D eigenvalue weighted by Gasteiger charge is 2.17. The maximum Gasteiger partial charge on any atom is 0.272 e. The molecule has 0 bridgehead atoms. The minimum atomic E-state index is -0.504. The first-order valence-corrected chi connectivity index (χ1v) is 9.50. The smallest absolute Gasteiger partial charge is 0.272 e. The minimum absolute atomic E-state index is 0.0386. The van der Waals surface area contributed by atoms with Crippen LogP contribution >= 0.6 is 0 Å². The van der Waals surface area contributed by atoms with E-state index in [1.165, 1.54) is 12.3 Å². The van der Waals surface area contributed by atoms with E-state index in [1.807, 2.05) is 12.1 Å². The van der Waals surface area contributed by atoms with Crippen molar-refractivity contribution < 1.29 is 18.7 Å². The molecule has 0 saturated heterocycles. The molecule has 0 aliphatic carbocycles. The lowest BCUT2D eigenvalue weighted by Gasteiger charge is -2.13. The molecule has 0 unspecified atom stereocenters. The standard InChI is InChI=1S/C24H19N3O4/c1-30-21-12-11-19(18-10-5-13-25-22(18)21)26-24(29)20(15-17-9-6-14-31-17)27-23(28)16-7-3-2-4-8-16/h2-15H,1H3,(H,26,29)(H,27,28)/b20-15-. The zero-order valence-electron chi connectivity index (χ0n) is 16.7. The summed E-state index contributed by atoms with van der Waals surface area (Å²) in [6.45, 7) is 0. The molecular weight excluding hydrogens is 394 g/mol. The van der Waals surface area contributed by atoms with E-state index in [4.69, 9.17) is 9.15 Å². The minimum Gasteiger partial charge on any atom is -0.494 e. The van der Waals surface area contributed by atoms with E-state index in [-0.39, 0.29) is 5.70 Å². The first-order chi connectivity index (χ1) is 15.2. The van der Waals surface area contributed by atoms with Crippen molar-refractivity contribution in [3.63, 3.8) is 0 Å². The highest BCUT2D eigenvalue weighted by molar-refractivity contribution is 6.13. The first kappa shape index (κ1) is 19.9. The maximum absolute atomic E-state index is 13.1. The van der Waals surface area contributed by atoms with Gasteiger partial charge in [0.1, 0.15) is 22.7 Å². The Morgan fingerprint density at radius 2 is 1.84 bits per heavy atom. The predicted octanol–water partition coefficient (Wildman–Crippen LogP) is 4.25. The number of pyridine rings is 1. The Morgan fingerprint density at radius 3 is 2.58 bits per heavy atom. The number of ether oxygens (including phenoxy) is 1. The van der Waals surface area contributed by atoms with Gasteiger partial charge in [0.25, 0.3) is 11.8 Å². The van der Waals surface area contributed by atoms with Crippen molar-refractivity contribution >= 4 is 34.5 Å². The fraction of sp³-hybridized carbons (Fsp3) is 0.0417.